The highest BCUT2D eigenvalue weighted by Crippen LogP contribution is 2.24. The largest absolute Gasteiger partial charge is 0.393 e. The third-order valence-electron chi connectivity index (χ3n) is 3.85. The minimum atomic E-state index is -0.247. The summed E-state index contributed by atoms with van der Waals surface area (Å²) in [6.45, 7) is 4.48. The average molecular weight is 247 g/mol. The second-order valence-corrected chi connectivity index (χ2v) is 5.24. The van der Waals surface area contributed by atoms with Crippen molar-refractivity contribution in [2.45, 2.75) is 39.2 Å². The Hall–Kier alpha value is -1.35. The SMILES string of the molecule is Cc1cccc(C)c1C(=O)NCC1CCCC1O. The van der Waals surface area contributed by atoms with Crippen molar-refractivity contribution in [3.05, 3.63) is 34.9 Å². The van der Waals surface area contributed by atoms with E-state index in [2.05, 4.69) is 5.32 Å². The predicted octanol–water partition coefficient (Wildman–Crippen LogP) is 2.19. The van der Waals surface area contributed by atoms with Gasteiger partial charge < -0.3 is 10.4 Å². The van der Waals surface area contributed by atoms with Crippen molar-refractivity contribution in [2.24, 2.45) is 5.92 Å². The monoisotopic (exact) mass is 247 g/mol. The Morgan fingerprint density at radius 3 is 2.56 bits per heavy atom. The molecule has 1 aliphatic rings. The molecular formula is C15H21NO2. The van der Waals surface area contributed by atoms with E-state index in [4.69, 9.17) is 0 Å². The zero-order chi connectivity index (χ0) is 13.1. The molecule has 2 N–H and O–H groups in total. The maximum atomic E-state index is 12.2. The van der Waals surface area contributed by atoms with Gasteiger partial charge in [0.1, 0.15) is 0 Å². The number of rotatable bonds is 3. The second-order valence-electron chi connectivity index (χ2n) is 5.24. The maximum Gasteiger partial charge on any atom is 0.251 e. The van der Waals surface area contributed by atoms with Gasteiger partial charge in [-0.3, -0.25) is 4.79 Å². The minimum Gasteiger partial charge on any atom is -0.393 e. The zero-order valence-corrected chi connectivity index (χ0v) is 11.1. The van der Waals surface area contributed by atoms with Crippen LogP contribution in [0.2, 0.25) is 0 Å². The van der Waals surface area contributed by atoms with Crippen LogP contribution in [-0.2, 0) is 0 Å². The summed E-state index contributed by atoms with van der Waals surface area (Å²) < 4.78 is 0. The van der Waals surface area contributed by atoms with Crippen LogP contribution in [0.15, 0.2) is 18.2 Å². The Kier molecular flexibility index (Phi) is 4.02. The van der Waals surface area contributed by atoms with Crippen LogP contribution in [0.5, 0.6) is 0 Å². The summed E-state index contributed by atoms with van der Waals surface area (Å²) >= 11 is 0. The van der Waals surface area contributed by atoms with Crippen LogP contribution in [0.1, 0.15) is 40.7 Å². The smallest absolute Gasteiger partial charge is 0.251 e. The summed E-state index contributed by atoms with van der Waals surface area (Å²) in [6, 6.07) is 5.86. The highest BCUT2D eigenvalue weighted by molar-refractivity contribution is 5.97. The van der Waals surface area contributed by atoms with Gasteiger partial charge in [-0.1, -0.05) is 24.6 Å². The lowest BCUT2D eigenvalue weighted by atomic mass is 10.0. The van der Waals surface area contributed by atoms with Crippen molar-refractivity contribution in [1.82, 2.24) is 5.32 Å². The van der Waals surface area contributed by atoms with E-state index in [1.807, 2.05) is 32.0 Å². The summed E-state index contributed by atoms with van der Waals surface area (Å²) in [6.07, 6.45) is 2.69. The Labute approximate surface area is 108 Å². The molecule has 1 aliphatic carbocycles. The molecule has 1 aromatic carbocycles. The molecule has 3 nitrogen and oxygen atoms in total. The first-order chi connectivity index (χ1) is 8.59. The number of hydrogen-bond donors (Lipinski definition) is 2. The van der Waals surface area contributed by atoms with Crippen LogP contribution in [-0.4, -0.2) is 23.7 Å². The molecule has 1 saturated carbocycles. The van der Waals surface area contributed by atoms with Crippen molar-refractivity contribution < 1.29 is 9.90 Å². The molecule has 0 saturated heterocycles. The van der Waals surface area contributed by atoms with Gasteiger partial charge in [0.2, 0.25) is 0 Å². The lowest BCUT2D eigenvalue weighted by Gasteiger charge is -2.16. The van der Waals surface area contributed by atoms with Crippen LogP contribution in [0.4, 0.5) is 0 Å². The standard InChI is InChI=1S/C15H21NO2/c1-10-5-3-6-11(2)14(10)15(18)16-9-12-7-4-8-13(12)17/h3,5-6,12-13,17H,4,7-9H2,1-2H3,(H,16,18). The van der Waals surface area contributed by atoms with E-state index in [0.29, 0.717) is 6.54 Å². The lowest BCUT2D eigenvalue weighted by molar-refractivity contribution is 0.0915. The Balaban J connectivity index is 1.99. The molecule has 1 amide bonds. The molecule has 2 atom stereocenters. The molecule has 2 rings (SSSR count). The van der Waals surface area contributed by atoms with Crippen LogP contribution in [0.25, 0.3) is 0 Å². The third-order valence-corrected chi connectivity index (χ3v) is 3.85. The van der Waals surface area contributed by atoms with Gasteiger partial charge >= 0.3 is 0 Å². The number of benzene rings is 1. The number of hydrogen-bond acceptors (Lipinski definition) is 2. The first-order valence-corrected chi connectivity index (χ1v) is 6.62. The van der Waals surface area contributed by atoms with Crippen molar-refractivity contribution in [3.8, 4) is 0 Å². The van der Waals surface area contributed by atoms with Crippen molar-refractivity contribution in [3.63, 3.8) is 0 Å². The summed E-state index contributed by atoms with van der Waals surface area (Å²) in [5.41, 5.74) is 2.77. The fraction of sp³-hybridized carbons (Fsp3) is 0.533. The number of carbonyl (C=O) groups is 1. The van der Waals surface area contributed by atoms with Crippen molar-refractivity contribution in [1.29, 1.82) is 0 Å². The molecule has 1 aromatic rings. The Morgan fingerprint density at radius 1 is 1.33 bits per heavy atom. The van der Waals surface area contributed by atoms with Crippen LogP contribution in [0, 0.1) is 19.8 Å². The predicted molar refractivity (Wildman–Crippen MR) is 71.6 cm³/mol. The minimum absolute atomic E-state index is 0.0234. The quantitative estimate of drug-likeness (QED) is 0.860. The van der Waals surface area contributed by atoms with E-state index in [1.165, 1.54) is 0 Å². The normalized spacial score (nSPS) is 23.1. The Bertz CT molecular complexity index is 422. The summed E-state index contributed by atoms with van der Waals surface area (Å²) in [5, 5.41) is 12.7. The average Bonchev–Trinajstić information content (AvgIpc) is 2.72. The van der Waals surface area contributed by atoms with Gasteiger partial charge in [-0.25, -0.2) is 0 Å². The molecule has 0 spiro atoms. The molecule has 0 heterocycles. The van der Waals surface area contributed by atoms with Gasteiger partial charge in [0, 0.05) is 18.0 Å². The van der Waals surface area contributed by atoms with Gasteiger partial charge in [0.15, 0.2) is 0 Å². The molecule has 0 aliphatic heterocycles. The number of aliphatic hydroxyl groups excluding tert-OH is 1. The summed E-state index contributed by atoms with van der Waals surface area (Å²) in [4.78, 5) is 12.2. The molecule has 1 fully saturated rings. The molecule has 0 bridgehead atoms. The lowest BCUT2D eigenvalue weighted by Crippen LogP contribution is -2.33. The fourth-order valence-corrected chi connectivity index (χ4v) is 2.74. The second kappa shape index (κ2) is 5.53. The number of aliphatic hydroxyl groups is 1. The van der Waals surface area contributed by atoms with Crippen molar-refractivity contribution >= 4 is 5.91 Å². The zero-order valence-electron chi connectivity index (χ0n) is 11.1. The molecule has 3 heteroatoms. The molecule has 0 aromatic heterocycles. The number of nitrogens with one attached hydrogen (secondary N) is 1. The fourth-order valence-electron chi connectivity index (χ4n) is 2.74. The van der Waals surface area contributed by atoms with Crippen LogP contribution >= 0.6 is 0 Å². The Morgan fingerprint density at radius 2 is 2.00 bits per heavy atom. The van der Waals surface area contributed by atoms with E-state index in [0.717, 1.165) is 36.0 Å². The topological polar surface area (TPSA) is 49.3 Å². The van der Waals surface area contributed by atoms with Crippen molar-refractivity contribution in [2.75, 3.05) is 6.54 Å². The molecule has 0 radical (unpaired) electrons. The highest BCUT2D eigenvalue weighted by Gasteiger charge is 2.25. The summed E-state index contributed by atoms with van der Waals surface area (Å²) in [7, 11) is 0. The van der Waals surface area contributed by atoms with Gasteiger partial charge in [-0.05, 0) is 37.8 Å². The van der Waals surface area contributed by atoms with E-state index in [9.17, 15) is 9.90 Å². The third kappa shape index (κ3) is 2.72. The number of aryl methyl sites for hydroxylation is 2. The van der Waals surface area contributed by atoms with Crippen LogP contribution in [0.3, 0.4) is 0 Å². The van der Waals surface area contributed by atoms with E-state index in [1.54, 1.807) is 0 Å². The van der Waals surface area contributed by atoms with Gasteiger partial charge in [-0.15, -0.1) is 0 Å². The number of carbonyl (C=O) groups excluding carboxylic acids is 1. The number of amides is 1. The molecule has 2 unspecified atom stereocenters. The van der Waals surface area contributed by atoms with E-state index < -0.39 is 0 Å². The maximum absolute atomic E-state index is 12.2. The molecular weight excluding hydrogens is 226 g/mol. The molecule has 98 valence electrons. The van der Waals surface area contributed by atoms with Gasteiger partial charge in [-0.2, -0.15) is 0 Å². The van der Waals surface area contributed by atoms with Crippen LogP contribution < -0.4 is 5.32 Å². The van der Waals surface area contributed by atoms with Gasteiger partial charge in [0.25, 0.3) is 5.91 Å². The first kappa shape index (κ1) is 13.1. The molecule has 18 heavy (non-hydrogen) atoms. The van der Waals surface area contributed by atoms with E-state index >= 15 is 0 Å². The first-order valence-electron chi connectivity index (χ1n) is 6.62. The van der Waals surface area contributed by atoms with E-state index in [-0.39, 0.29) is 17.9 Å². The highest BCUT2D eigenvalue weighted by atomic mass is 16.3. The summed E-state index contributed by atoms with van der Waals surface area (Å²) in [5.74, 6) is 0.197. The van der Waals surface area contributed by atoms with Gasteiger partial charge in [0.05, 0.1) is 6.10 Å².